The van der Waals surface area contributed by atoms with E-state index in [1.165, 1.54) is 0 Å². The number of aryl methyl sites for hydroxylation is 1. The molecule has 0 bridgehead atoms. The van der Waals surface area contributed by atoms with Crippen LogP contribution in [0, 0.1) is 6.92 Å². The molecule has 0 amide bonds. The first-order valence-electron chi connectivity index (χ1n) is 5.21. The lowest BCUT2D eigenvalue weighted by Gasteiger charge is -2.12. The summed E-state index contributed by atoms with van der Waals surface area (Å²) in [5.74, 6) is 2.69. The topological polar surface area (TPSA) is 52.3 Å². The second-order valence-corrected chi connectivity index (χ2v) is 5.57. The number of hydrogen-bond acceptors (Lipinski definition) is 5. The summed E-state index contributed by atoms with van der Waals surface area (Å²) in [5, 5.41) is 13.2. The minimum atomic E-state index is -0.155. The second kappa shape index (κ2) is 4.08. The fourth-order valence-electron chi connectivity index (χ4n) is 1.41. The van der Waals surface area contributed by atoms with Crippen LogP contribution in [0.5, 0.6) is 0 Å². The zero-order chi connectivity index (χ0) is 11.8. The van der Waals surface area contributed by atoms with Crippen molar-refractivity contribution >= 4 is 16.8 Å². The molecule has 0 radical (unpaired) electrons. The number of oxime groups is 1. The van der Waals surface area contributed by atoms with Gasteiger partial charge < -0.3 is 9.40 Å². The summed E-state index contributed by atoms with van der Waals surface area (Å²) >= 11 is 1.67. The van der Waals surface area contributed by atoms with Crippen LogP contribution < -0.4 is 0 Å². The molecule has 0 aromatic carbocycles. The molecule has 1 aliphatic heterocycles. The van der Waals surface area contributed by atoms with E-state index in [-0.39, 0.29) is 5.60 Å². The highest BCUT2D eigenvalue weighted by molar-refractivity contribution is 8.13. The molecule has 5 nitrogen and oxygen atoms in total. The van der Waals surface area contributed by atoms with Crippen LogP contribution >= 0.6 is 11.8 Å². The highest BCUT2D eigenvalue weighted by atomic mass is 32.2. The van der Waals surface area contributed by atoms with E-state index < -0.39 is 0 Å². The van der Waals surface area contributed by atoms with Gasteiger partial charge in [0, 0.05) is 13.5 Å². The van der Waals surface area contributed by atoms with Crippen LogP contribution in [0.2, 0.25) is 0 Å². The molecule has 0 saturated heterocycles. The largest absolute Gasteiger partial charge is 0.389 e. The van der Waals surface area contributed by atoms with E-state index >= 15 is 0 Å². The summed E-state index contributed by atoms with van der Waals surface area (Å²) < 4.78 is 1.99. The summed E-state index contributed by atoms with van der Waals surface area (Å²) in [4.78, 5) is 5.30. The Morgan fingerprint density at radius 1 is 1.44 bits per heavy atom. The molecule has 0 spiro atoms. The maximum atomic E-state index is 5.30. The van der Waals surface area contributed by atoms with Crippen molar-refractivity contribution in [3.8, 4) is 0 Å². The quantitative estimate of drug-likeness (QED) is 0.792. The van der Waals surface area contributed by atoms with E-state index in [4.69, 9.17) is 4.84 Å². The summed E-state index contributed by atoms with van der Waals surface area (Å²) in [6.45, 7) is 6.02. The van der Waals surface area contributed by atoms with Crippen LogP contribution in [-0.4, -0.2) is 25.4 Å². The lowest BCUT2D eigenvalue weighted by atomic mass is 10.1. The third-order valence-corrected chi connectivity index (χ3v) is 3.48. The number of nitrogens with zero attached hydrogens (tertiary/aromatic N) is 4. The summed E-state index contributed by atoms with van der Waals surface area (Å²) in [5.41, 5.74) is -0.155. The van der Waals surface area contributed by atoms with Gasteiger partial charge in [0.25, 0.3) is 0 Å². The van der Waals surface area contributed by atoms with Crippen molar-refractivity contribution in [3.63, 3.8) is 0 Å². The Bertz CT molecular complexity index is 424. The average molecular weight is 240 g/mol. The molecule has 0 unspecified atom stereocenters. The number of hydrogen-bond donors (Lipinski definition) is 0. The van der Waals surface area contributed by atoms with Gasteiger partial charge in [-0.2, -0.15) is 0 Å². The van der Waals surface area contributed by atoms with Crippen LogP contribution in [0.1, 0.15) is 31.9 Å². The highest BCUT2D eigenvalue weighted by Gasteiger charge is 2.29. The van der Waals surface area contributed by atoms with Gasteiger partial charge in [0.05, 0.1) is 5.75 Å². The fraction of sp³-hybridized carbons (Fsp3) is 0.700. The van der Waals surface area contributed by atoms with Gasteiger partial charge in [0.15, 0.2) is 0 Å². The lowest BCUT2D eigenvalue weighted by Crippen LogP contribution is -2.18. The molecule has 2 heterocycles. The van der Waals surface area contributed by atoms with Crippen LogP contribution in [0.4, 0.5) is 0 Å². The Morgan fingerprint density at radius 2 is 2.19 bits per heavy atom. The highest BCUT2D eigenvalue weighted by Crippen LogP contribution is 2.28. The molecule has 16 heavy (non-hydrogen) atoms. The van der Waals surface area contributed by atoms with Gasteiger partial charge in [-0.05, 0) is 20.8 Å². The first-order valence-corrected chi connectivity index (χ1v) is 6.19. The molecular formula is C10H16N4OS. The Balaban J connectivity index is 1.92. The van der Waals surface area contributed by atoms with Crippen molar-refractivity contribution in [2.75, 3.05) is 0 Å². The molecule has 0 atom stereocenters. The third-order valence-electron chi connectivity index (χ3n) is 2.52. The van der Waals surface area contributed by atoms with Gasteiger partial charge in [-0.25, -0.2) is 0 Å². The van der Waals surface area contributed by atoms with Crippen LogP contribution in [0.15, 0.2) is 5.16 Å². The third kappa shape index (κ3) is 2.37. The molecule has 2 rings (SSSR count). The van der Waals surface area contributed by atoms with E-state index in [1.807, 2.05) is 32.4 Å². The van der Waals surface area contributed by atoms with E-state index in [2.05, 4.69) is 15.4 Å². The van der Waals surface area contributed by atoms with Crippen molar-refractivity contribution < 1.29 is 4.84 Å². The average Bonchev–Trinajstić information content (AvgIpc) is 2.70. The van der Waals surface area contributed by atoms with Crippen molar-refractivity contribution in [1.82, 2.24) is 14.8 Å². The van der Waals surface area contributed by atoms with Gasteiger partial charge in [0.2, 0.25) is 0 Å². The SMILES string of the molecule is Cc1nnc(CSC2=NOC(C)(C)C2)n1C. The molecule has 1 aromatic heterocycles. The van der Waals surface area contributed by atoms with E-state index in [0.717, 1.165) is 28.9 Å². The molecule has 0 aliphatic carbocycles. The second-order valence-electron chi connectivity index (χ2n) is 4.52. The Labute approximate surface area is 99.3 Å². The normalized spacial score (nSPS) is 18.4. The van der Waals surface area contributed by atoms with Crippen molar-refractivity contribution in [2.45, 2.75) is 38.5 Å². The Hall–Kier alpha value is -1.04. The Morgan fingerprint density at radius 3 is 2.69 bits per heavy atom. The summed E-state index contributed by atoms with van der Waals surface area (Å²) in [7, 11) is 1.97. The smallest absolute Gasteiger partial charge is 0.143 e. The van der Waals surface area contributed by atoms with Gasteiger partial charge in [-0.15, -0.1) is 10.2 Å². The maximum absolute atomic E-state index is 5.30. The minimum absolute atomic E-state index is 0.155. The zero-order valence-corrected chi connectivity index (χ0v) is 10.8. The number of rotatable bonds is 2. The molecule has 0 N–H and O–H groups in total. The minimum Gasteiger partial charge on any atom is -0.389 e. The fourth-order valence-corrected chi connectivity index (χ4v) is 2.49. The Kier molecular flexibility index (Phi) is 2.92. The molecule has 1 aliphatic rings. The zero-order valence-electron chi connectivity index (χ0n) is 10.0. The molecule has 1 aromatic rings. The van der Waals surface area contributed by atoms with Gasteiger partial charge in [-0.3, -0.25) is 0 Å². The van der Waals surface area contributed by atoms with Crippen LogP contribution in [-0.2, 0) is 17.6 Å². The van der Waals surface area contributed by atoms with Crippen molar-refractivity contribution in [1.29, 1.82) is 0 Å². The number of aromatic nitrogens is 3. The van der Waals surface area contributed by atoms with Gasteiger partial charge in [-0.1, -0.05) is 16.9 Å². The van der Waals surface area contributed by atoms with Gasteiger partial charge in [0.1, 0.15) is 22.3 Å². The molecule has 88 valence electrons. The predicted octanol–water partition coefficient (Wildman–Crippen LogP) is 1.87. The monoisotopic (exact) mass is 240 g/mol. The molecule has 0 saturated carbocycles. The van der Waals surface area contributed by atoms with Crippen LogP contribution in [0.25, 0.3) is 0 Å². The predicted molar refractivity (Wildman–Crippen MR) is 64.3 cm³/mol. The van der Waals surface area contributed by atoms with E-state index in [1.54, 1.807) is 11.8 Å². The maximum Gasteiger partial charge on any atom is 0.143 e. The van der Waals surface area contributed by atoms with Crippen molar-refractivity contribution in [3.05, 3.63) is 11.6 Å². The van der Waals surface area contributed by atoms with Crippen LogP contribution in [0.3, 0.4) is 0 Å². The first-order chi connectivity index (χ1) is 7.48. The lowest BCUT2D eigenvalue weighted by molar-refractivity contribution is 0.0123. The summed E-state index contributed by atoms with van der Waals surface area (Å²) in [6, 6.07) is 0. The van der Waals surface area contributed by atoms with Crippen molar-refractivity contribution in [2.24, 2.45) is 12.2 Å². The standard InChI is InChI=1S/C10H16N4OS/c1-7-11-12-8(14(7)4)6-16-9-5-10(2,3)15-13-9/h5-6H2,1-4H3. The van der Waals surface area contributed by atoms with E-state index in [0.29, 0.717) is 0 Å². The molecule has 6 heteroatoms. The number of thioether (sulfide) groups is 1. The summed E-state index contributed by atoms with van der Waals surface area (Å²) in [6.07, 6.45) is 0.870. The molecule has 0 fully saturated rings. The van der Waals surface area contributed by atoms with Gasteiger partial charge >= 0.3 is 0 Å². The first kappa shape index (κ1) is 11.4. The molecular weight excluding hydrogens is 224 g/mol. The van der Waals surface area contributed by atoms with E-state index in [9.17, 15) is 0 Å².